The summed E-state index contributed by atoms with van der Waals surface area (Å²) in [5.74, 6) is 0.461. The zero-order valence-corrected chi connectivity index (χ0v) is 12.7. The molecule has 20 heavy (non-hydrogen) atoms. The zero-order chi connectivity index (χ0) is 14.6. The summed E-state index contributed by atoms with van der Waals surface area (Å²) in [6.45, 7) is 7.69. The second-order valence-corrected chi connectivity index (χ2v) is 5.44. The maximum atomic E-state index is 12.2. The summed E-state index contributed by atoms with van der Waals surface area (Å²) in [5, 5.41) is 3.32. The molecule has 1 aliphatic rings. The normalized spacial score (nSPS) is 21.6. The molecular formula is C15H25N3O2. The Morgan fingerprint density at radius 2 is 2.20 bits per heavy atom. The molecule has 0 amide bonds. The van der Waals surface area contributed by atoms with Crippen LogP contribution >= 0.6 is 0 Å². The van der Waals surface area contributed by atoms with Crippen LogP contribution in [0.15, 0.2) is 17.2 Å². The molecule has 0 bridgehead atoms. The average Bonchev–Trinajstić information content (AvgIpc) is 2.49. The molecule has 1 aromatic heterocycles. The van der Waals surface area contributed by atoms with E-state index in [0.717, 1.165) is 32.3 Å². The summed E-state index contributed by atoms with van der Waals surface area (Å²) in [5.41, 5.74) is -0.0887. The zero-order valence-electron chi connectivity index (χ0n) is 12.7. The Hall–Kier alpha value is -1.36. The van der Waals surface area contributed by atoms with Crippen LogP contribution in [0.1, 0.15) is 46.5 Å². The predicted octanol–water partition coefficient (Wildman–Crippen LogP) is 2.41. The second kappa shape index (κ2) is 6.39. The third-order valence-corrected chi connectivity index (χ3v) is 4.38. The summed E-state index contributed by atoms with van der Waals surface area (Å²) in [6.07, 6.45) is 7.26. The Balaban J connectivity index is 2.12. The van der Waals surface area contributed by atoms with E-state index in [1.165, 1.54) is 0 Å². The SMILES string of the molecule is CCn1ccnc(NC2CCOC(CC)(CC)C2)c1=O. The van der Waals surface area contributed by atoms with Crippen LogP contribution in [0.4, 0.5) is 5.82 Å². The highest BCUT2D eigenvalue weighted by atomic mass is 16.5. The molecule has 0 aromatic carbocycles. The number of hydrogen-bond acceptors (Lipinski definition) is 4. The van der Waals surface area contributed by atoms with Gasteiger partial charge < -0.3 is 14.6 Å². The minimum absolute atomic E-state index is 0.0416. The maximum Gasteiger partial charge on any atom is 0.293 e. The van der Waals surface area contributed by atoms with Crippen molar-refractivity contribution >= 4 is 5.82 Å². The van der Waals surface area contributed by atoms with Gasteiger partial charge in [-0.05, 0) is 32.6 Å². The van der Waals surface area contributed by atoms with Gasteiger partial charge >= 0.3 is 0 Å². The lowest BCUT2D eigenvalue weighted by Crippen LogP contribution is -2.44. The average molecular weight is 279 g/mol. The van der Waals surface area contributed by atoms with Gasteiger partial charge in [0.1, 0.15) is 0 Å². The number of anilines is 1. The smallest absolute Gasteiger partial charge is 0.293 e. The highest BCUT2D eigenvalue weighted by molar-refractivity contribution is 5.32. The van der Waals surface area contributed by atoms with Gasteiger partial charge in [-0.3, -0.25) is 4.79 Å². The first-order chi connectivity index (χ1) is 9.64. The first kappa shape index (κ1) is 15.0. The van der Waals surface area contributed by atoms with Gasteiger partial charge in [0.15, 0.2) is 5.82 Å². The minimum atomic E-state index is -0.0471. The number of nitrogens with one attached hydrogen (secondary N) is 1. The summed E-state index contributed by atoms with van der Waals surface area (Å²) in [7, 11) is 0. The predicted molar refractivity (Wildman–Crippen MR) is 80.1 cm³/mol. The maximum absolute atomic E-state index is 12.2. The van der Waals surface area contributed by atoms with Crippen LogP contribution < -0.4 is 10.9 Å². The topological polar surface area (TPSA) is 56.1 Å². The third kappa shape index (κ3) is 3.03. The van der Waals surface area contributed by atoms with Gasteiger partial charge in [-0.2, -0.15) is 0 Å². The van der Waals surface area contributed by atoms with Crippen LogP contribution in [-0.4, -0.2) is 27.8 Å². The summed E-state index contributed by atoms with van der Waals surface area (Å²) in [4.78, 5) is 16.4. The van der Waals surface area contributed by atoms with E-state index in [2.05, 4.69) is 24.1 Å². The monoisotopic (exact) mass is 279 g/mol. The largest absolute Gasteiger partial charge is 0.375 e. The van der Waals surface area contributed by atoms with Crippen molar-refractivity contribution in [2.24, 2.45) is 0 Å². The Morgan fingerprint density at radius 1 is 1.45 bits per heavy atom. The van der Waals surface area contributed by atoms with Gasteiger partial charge in [0.05, 0.1) is 5.60 Å². The van der Waals surface area contributed by atoms with Crippen molar-refractivity contribution in [3.05, 3.63) is 22.7 Å². The molecule has 1 fully saturated rings. The molecule has 0 spiro atoms. The van der Waals surface area contributed by atoms with Gasteiger partial charge in [0.2, 0.25) is 0 Å². The molecule has 1 atom stereocenters. The van der Waals surface area contributed by atoms with E-state index in [1.54, 1.807) is 17.0 Å². The van der Waals surface area contributed by atoms with E-state index in [0.29, 0.717) is 12.4 Å². The molecule has 1 N–H and O–H groups in total. The number of rotatable bonds is 5. The Labute approximate surface area is 120 Å². The van der Waals surface area contributed by atoms with Crippen LogP contribution in [0, 0.1) is 0 Å². The Morgan fingerprint density at radius 3 is 2.85 bits per heavy atom. The van der Waals surface area contributed by atoms with Crippen LogP contribution in [0.5, 0.6) is 0 Å². The van der Waals surface area contributed by atoms with Crippen molar-refractivity contribution in [3.8, 4) is 0 Å². The van der Waals surface area contributed by atoms with Crippen LogP contribution in [-0.2, 0) is 11.3 Å². The molecule has 5 nitrogen and oxygen atoms in total. The van der Waals surface area contributed by atoms with Gasteiger partial charge in [-0.15, -0.1) is 0 Å². The lowest BCUT2D eigenvalue weighted by atomic mass is 9.86. The highest BCUT2D eigenvalue weighted by Crippen LogP contribution is 2.32. The summed E-state index contributed by atoms with van der Waals surface area (Å²) < 4.78 is 7.63. The number of nitrogens with zero attached hydrogens (tertiary/aromatic N) is 2. The van der Waals surface area contributed by atoms with Crippen molar-refractivity contribution in [1.29, 1.82) is 0 Å². The fourth-order valence-electron chi connectivity index (χ4n) is 2.88. The molecule has 1 aromatic rings. The standard InChI is InChI=1S/C15H25N3O2/c1-4-15(5-2)11-12(7-10-20-15)17-13-14(19)18(6-3)9-8-16-13/h8-9,12H,4-7,10-11H2,1-3H3,(H,16,17). The van der Waals surface area contributed by atoms with Crippen molar-refractivity contribution in [2.45, 2.75) is 64.6 Å². The molecule has 0 saturated carbocycles. The fraction of sp³-hybridized carbons (Fsp3) is 0.733. The van der Waals surface area contributed by atoms with Crippen LogP contribution in [0.3, 0.4) is 0 Å². The summed E-state index contributed by atoms with van der Waals surface area (Å²) in [6, 6.07) is 0.261. The van der Waals surface area contributed by atoms with E-state index >= 15 is 0 Å². The molecule has 0 radical (unpaired) electrons. The molecule has 2 rings (SSSR count). The van der Waals surface area contributed by atoms with Crippen molar-refractivity contribution < 1.29 is 4.74 Å². The molecule has 112 valence electrons. The van der Waals surface area contributed by atoms with Crippen LogP contribution in [0.2, 0.25) is 0 Å². The Kier molecular flexibility index (Phi) is 4.81. The van der Waals surface area contributed by atoms with Crippen molar-refractivity contribution in [3.63, 3.8) is 0 Å². The van der Waals surface area contributed by atoms with E-state index < -0.39 is 0 Å². The molecule has 2 heterocycles. The number of ether oxygens (including phenoxy) is 1. The van der Waals surface area contributed by atoms with E-state index in [4.69, 9.17) is 4.74 Å². The first-order valence-corrected chi connectivity index (χ1v) is 7.60. The minimum Gasteiger partial charge on any atom is -0.375 e. The van der Waals surface area contributed by atoms with E-state index in [9.17, 15) is 4.79 Å². The van der Waals surface area contributed by atoms with E-state index in [-0.39, 0.29) is 17.2 Å². The number of hydrogen-bond donors (Lipinski definition) is 1. The number of aromatic nitrogens is 2. The quantitative estimate of drug-likeness (QED) is 0.899. The van der Waals surface area contributed by atoms with Crippen molar-refractivity contribution in [1.82, 2.24) is 9.55 Å². The van der Waals surface area contributed by atoms with Crippen molar-refractivity contribution in [2.75, 3.05) is 11.9 Å². The molecule has 0 aliphatic carbocycles. The molecule has 1 saturated heterocycles. The number of aryl methyl sites for hydroxylation is 1. The molecule has 1 unspecified atom stereocenters. The lowest BCUT2D eigenvalue weighted by molar-refractivity contribution is -0.0864. The third-order valence-electron chi connectivity index (χ3n) is 4.38. The molecular weight excluding hydrogens is 254 g/mol. The van der Waals surface area contributed by atoms with Crippen LogP contribution in [0.25, 0.3) is 0 Å². The van der Waals surface area contributed by atoms with Gasteiger partial charge in [0, 0.05) is 31.6 Å². The van der Waals surface area contributed by atoms with Gasteiger partial charge in [-0.25, -0.2) is 4.98 Å². The highest BCUT2D eigenvalue weighted by Gasteiger charge is 2.34. The Bertz CT molecular complexity index is 494. The van der Waals surface area contributed by atoms with Gasteiger partial charge in [-0.1, -0.05) is 13.8 Å². The van der Waals surface area contributed by atoms with E-state index in [1.807, 2.05) is 6.92 Å². The molecule has 5 heteroatoms. The lowest BCUT2D eigenvalue weighted by Gasteiger charge is -2.40. The molecule has 1 aliphatic heterocycles. The fourth-order valence-corrected chi connectivity index (χ4v) is 2.88. The summed E-state index contributed by atoms with van der Waals surface area (Å²) >= 11 is 0. The second-order valence-electron chi connectivity index (χ2n) is 5.44. The first-order valence-electron chi connectivity index (χ1n) is 7.60. The van der Waals surface area contributed by atoms with Gasteiger partial charge in [0.25, 0.3) is 5.56 Å².